The molecule has 0 bridgehead atoms. The Morgan fingerprint density at radius 1 is 1.19 bits per heavy atom. The SMILES string of the molecule is O=C1C[NH+](CC(=O)Nc2ccc3ccccc3c2)CCN1. The summed E-state index contributed by atoms with van der Waals surface area (Å²) in [5.74, 6) is -0.0512. The summed E-state index contributed by atoms with van der Waals surface area (Å²) in [6.07, 6.45) is 0. The number of carbonyl (C=O) groups is 2. The van der Waals surface area contributed by atoms with Crippen LogP contribution in [0, 0.1) is 0 Å². The maximum Gasteiger partial charge on any atom is 0.279 e. The van der Waals surface area contributed by atoms with E-state index >= 15 is 0 Å². The summed E-state index contributed by atoms with van der Waals surface area (Å²) in [6, 6.07) is 13.9. The zero-order valence-electron chi connectivity index (χ0n) is 11.7. The fraction of sp³-hybridized carbons (Fsp3) is 0.250. The molecule has 1 aliphatic rings. The Kier molecular flexibility index (Phi) is 3.83. The van der Waals surface area contributed by atoms with Crippen LogP contribution in [0.25, 0.3) is 10.8 Å². The Morgan fingerprint density at radius 3 is 2.81 bits per heavy atom. The second-order valence-corrected chi connectivity index (χ2v) is 5.31. The van der Waals surface area contributed by atoms with Gasteiger partial charge in [0.25, 0.3) is 11.8 Å². The molecule has 2 amide bonds. The maximum atomic E-state index is 12.1. The van der Waals surface area contributed by atoms with Crippen LogP contribution in [0.2, 0.25) is 0 Å². The molecule has 1 heterocycles. The molecule has 2 aromatic carbocycles. The van der Waals surface area contributed by atoms with E-state index in [1.54, 1.807) is 0 Å². The molecule has 3 rings (SSSR count). The zero-order valence-corrected chi connectivity index (χ0v) is 11.7. The number of hydrogen-bond donors (Lipinski definition) is 3. The number of anilines is 1. The molecule has 1 unspecified atom stereocenters. The molecule has 2 aromatic rings. The molecular weight excluding hydrogens is 266 g/mol. The summed E-state index contributed by atoms with van der Waals surface area (Å²) >= 11 is 0. The van der Waals surface area contributed by atoms with E-state index in [1.807, 2.05) is 42.5 Å². The molecule has 0 spiro atoms. The second-order valence-electron chi connectivity index (χ2n) is 5.31. The number of fused-ring (bicyclic) bond motifs is 1. The highest BCUT2D eigenvalue weighted by molar-refractivity contribution is 5.95. The number of rotatable bonds is 3. The summed E-state index contributed by atoms with van der Waals surface area (Å²) in [6.45, 7) is 2.11. The molecule has 0 saturated carbocycles. The molecule has 3 N–H and O–H groups in total. The minimum absolute atomic E-state index is 0.00903. The van der Waals surface area contributed by atoms with E-state index in [4.69, 9.17) is 0 Å². The van der Waals surface area contributed by atoms with Crippen molar-refractivity contribution in [2.24, 2.45) is 0 Å². The topological polar surface area (TPSA) is 62.6 Å². The average molecular weight is 284 g/mol. The molecule has 1 aliphatic heterocycles. The van der Waals surface area contributed by atoms with Gasteiger partial charge in [-0.1, -0.05) is 30.3 Å². The third-order valence-electron chi connectivity index (χ3n) is 3.66. The third-order valence-corrected chi connectivity index (χ3v) is 3.66. The summed E-state index contributed by atoms with van der Waals surface area (Å²) < 4.78 is 0. The van der Waals surface area contributed by atoms with E-state index < -0.39 is 0 Å². The number of benzene rings is 2. The van der Waals surface area contributed by atoms with Crippen molar-refractivity contribution in [3.63, 3.8) is 0 Å². The Balaban J connectivity index is 1.64. The normalized spacial score (nSPS) is 18.3. The first kappa shape index (κ1) is 13.6. The first-order valence-electron chi connectivity index (χ1n) is 7.09. The monoisotopic (exact) mass is 284 g/mol. The van der Waals surface area contributed by atoms with Gasteiger partial charge < -0.3 is 15.5 Å². The van der Waals surface area contributed by atoms with Crippen LogP contribution in [0.5, 0.6) is 0 Å². The van der Waals surface area contributed by atoms with Crippen LogP contribution in [-0.2, 0) is 9.59 Å². The van der Waals surface area contributed by atoms with Gasteiger partial charge in [0.15, 0.2) is 13.1 Å². The van der Waals surface area contributed by atoms with Crippen molar-refractivity contribution in [2.75, 3.05) is 31.5 Å². The van der Waals surface area contributed by atoms with Crippen LogP contribution in [0.15, 0.2) is 42.5 Å². The van der Waals surface area contributed by atoms with Crippen molar-refractivity contribution in [3.8, 4) is 0 Å². The van der Waals surface area contributed by atoms with Gasteiger partial charge in [0.1, 0.15) is 0 Å². The standard InChI is InChI=1S/C16H17N3O2/c20-15-10-19(8-7-17-15)11-16(21)18-14-6-5-12-3-1-2-4-13(12)9-14/h1-6,9H,7-8,10-11H2,(H,17,20)(H,18,21)/p+1. The van der Waals surface area contributed by atoms with E-state index in [2.05, 4.69) is 10.6 Å². The van der Waals surface area contributed by atoms with Gasteiger partial charge in [0.2, 0.25) is 0 Å². The minimum Gasteiger partial charge on any atom is -0.346 e. The van der Waals surface area contributed by atoms with Crippen molar-refractivity contribution in [2.45, 2.75) is 0 Å². The lowest BCUT2D eigenvalue weighted by Crippen LogP contribution is -3.16. The predicted molar refractivity (Wildman–Crippen MR) is 81.2 cm³/mol. The summed E-state index contributed by atoms with van der Waals surface area (Å²) in [4.78, 5) is 24.4. The number of carbonyl (C=O) groups excluding carboxylic acids is 2. The summed E-state index contributed by atoms with van der Waals surface area (Å²) in [7, 11) is 0. The van der Waals surface area contributed by atoms with Crippen molar-refractivity contribution >= 4 is 28.3 Å². The van der Waals surface area contributed by atoms with Gasteiger partial charge >= 0.3 is 0 Å². The first-order chi connectivity index (χ1) is 10.2. The van der Waals surface area contributed by atoms with Gasteiger partial charge in [-0.05, 0) is 22.9 Å². The van der Waals surface area contributed by atoms with Gasteiger partial charge in [-0.2, -0.15) is 0 Å². The molecule has 1 saturated heterocycles. The van der Waals surface area contributed by atoms with E-state index in [0.717, 1.165) is 27.9 Å². The van der Waals surface area contributed by atoms with Crippen LogP contribution >= 0.6 is 0 Å². The second kappa shape index (κ2) is 5.93. The molecule has 5 heteroatoms. The number of quaternary nitrogens is 1. The number of nitrogens with one attached hydrogen (secondary N) is 3. The van der Waals surface area contributed by atoms with Crippen molar-refractivity contribution in [1.29, 1.82) is 0 Å². The zero-order chi connectivity index (χ0) is 14.7. The molecule has 108 valence electrons. The fourth-order valence-corrected chi connectivity index (χ4v) is 2.61. The van der Waals surface area contributed by atoms with E-state index in [9.17, 15) is 9.59 Å². The average Bonchev–Trinajstić information content (AvgIpc) is 2.47. The lowest BCUT2D eigenvalue weighted by Gasteiger charge is -2.22. The molecule has 21 heavy (non-hydrogen) atoms. The lowest BCUT2D eigenvalue weighted by molar-refractivity contribution is -0.885. The van der Waals surface area contributed by atoms with Crippen LogP contribution in [0.4, 0.5) is 5.69 Å². The molecular formula is C16H18N3O2+. The van der Waals surface area contributed by atoms with Crippen LogP contribution in [0.1, 0.15) is 0 Å². The number of piperazine rings is 1. The van der Waals surface area contributed by atoms with Gasteiger partial charge in [0, 0.05) is 5.69 Å². The van der Waals surface area contributed by atoms with Crippen molar-refractivity contribution < 1.29 is 14.5 Å². The van der Waals surface area contributed by atoms with E-state index in [1.165, 1.54) is 0 Å². The number of amides is 2. The number of hydrogen-bond acceptors (Lipinski definition) is 2. The van der Waals surface area contributed by atoms with Crippen LogP contribution < -0.4 is 15.5 Å². The van der Waals surface area contributed by atoms with Gasteiger partial charge in [-0.15, -0.1) is 0 Å². The quantitative estimate of drug-likeness (QED) is 0.730. The lowest BCUT2D eigenvalue weighted by atomic mass is 10.1. The Morgan fingerprint density at radius 2 is 2.00 bits per heavy atom. The van der Waals surface area contributed by atoms with Gasteiger partial charge in [-0.3, -0.25) is 9.59 Å². The molecule has 0 radical (unpaired) electrons. The van der Waals surface area contributed by atoms with E-state index in [-0.39, 0.29) is 11.8 Å². The molecule has 1 atom stereocenters. The largest absolute Gasteiger partial charge is 0.346 e. The Bertz CT molecular complexity index is 684. The van der Waals surface area contributed by atoms with Gasteiger partial charge in [-0.25, -0.2) is 0 Å². The Labute approximate surface area is 122 Å². The Hall–Kier alpha value is -2.40. The van der Waals surface area contributed by atoms with Crippen molar-refractivity contribution in [1.82, 2.24) is 5.32 Å². The molecule has 5 nitrogen and oxygen atoms in total. The summed E-state index contributed by atoms with van der Waals surface area (Å²) in [5, 5.41) is 7.91. The fourth-order valence-electron chi connectivity index (χ4n) is 2.61. The third kappa shape index (κ3) is 3.38. The molecule has 1 fully saturated rings. The van der Waals surface area contributed by atoms with Crippen LogP contribution in [0.3, 0.4) is 0 Å². The van der Waals surface area contributed by atoms with Gasteiger partial charge in [0.05, 0.1) is 13.1 Å². The highest BCUT2D eigenvalue weighted by Gasteiger charge is 2.22. The smallest absolute Gasteiger partial charge is 0.279 e. The predicted octanol–water partition coefficient (Wildman–Crippen LogP) is -0.207. The molecule has 0 aromatic heterocycles. The molecule has 0 aliphatic carbocycles. The summed E-state index contributed by atoms with van der Waals surface area (Å²) in [5.41, 5.74) is 0.791. The highest BCUT2D eigenvalue weighted by Crippen LogP contribution is 2.18. The van der Waals surface area contributed by atoms with Crippen LogP contribution in [-0.4, -0.2) is 38.0 Å². The first-order valence-corrected chi connectivity index (χ1v) is 7.09. The maximum absolute atomic E-state index is 12.1. The van der Waals surface area contributed by atoms with Crippen molar-refractivity contribution in [3.05, 3.63) is 42.5 Å². The van der Waals surface area contributed by atoms with E-state index in [0.29, 0.717) is 19.6 Å². The minimum atomic E-state index is -0.0602. The highest BCUT2D eigenvalue weighted by atomic mass is 16.2.